The maximum atomic E-state index is 11.1. The number of aliphatic hydroxyl groups is 1. The van der Waals surface area contributed by atoms with Crippen molar-refractivity contribution in [1.82, 2.24) is 0 Å². The van der Waals surface area contributed by atoms with Crippen LogP contribution in [0, 0.1) is 0 Å². The van der Waals surface area contributed by atoms with E-state index < -0.39 is 23.6 Å². The van der Waals surface area contributed by atoms with Gasteiger partial charge in [0.1, 0.15) is 25.1 Å². The Bertz CT molecular complexity index is 876. The SMILES string of the molecule is CC[C@H](O)COc1ccc(C(C)(C)c2cc(Cl)c(OC[C@H](CCl)OC(C)=O)c(Cl)c2)cc1. The van der Waals surface area contributed by atoms with E-state index in [1.165, 1.54) is 6.92 Å². The molecule has 5 nitrogen and oxygen atoms in total. The van der Waals surface area contributed by atoms with Crippen molar-refractivity contribution in [1.29, 1.82) is 0 Å². The second-order valence-corrected chi connectivity index (χ2v) is 9.11. The van der Waals surface area contributed by atoms with Gasteiger partial charge < -0.3 is 19.3 Å². The highest BCUT2D eigenvalue weighted by Crippen LogP contribution is 2.40. The lowest BCUT2D eigenvalue weighted by Gasteiger charge is -2.27. The number of hydrogen-bond acceptors (Lipinski definition) is 5. The fourth-order valence-corrected chi connectivity index (χ4v) is 3.77. The molecule has 2 aromatic carbocycles. The van der Waals surface area contributed by atoms with Crippen molar-refractivity contribution < 1.29 is 24.1 Å². The van der Waals surface area contributed by atoms with E-state index in [4.69, 9.17) is 49.0 Å². The van der Waals surface area contributed by atoms with Crippen LogP contribution in [0.3, 0.4) is 0 Å². The van der Waals surface area contributed by atoms with Gasteiger partial charge in [-0.1, -0.05) is 56.1 Å². The lowest BCUT2D eigenvalue weighted by atomic mass is 9.78. The summed E-state index contributed by atoms with van der Waals surface area (Å²) in [6.45, 7) is 7.65. The minimum Gasteiger partial charge on any atom is -0.491 e. The van der Waals surface area contributed by atoms with E-state index in [-0.39, 0.29) is 19.1 Å². The minimum absolute atomic E-state index is 0.0411. The van der Waals surface area contributed by atoms with Crippen molar-refractivity contribution >= 4 is 40.8 Å². The van der Waals surface area contributed by atoms with Crippen LogP contribution >= 0.6 is 34.8 Å². The third-order valence-electron chi connectivity index (χ3n) is 5.13. The largest absolute Gasteiger partial charge is 0.491 e. The molecule has 0 aromatic heterocycles. The number of carbonyl (C=O) groups excluding carboxylic acids is 1. The van der Waals surface area contributed by atoms with E-state index in [1.54, 1.807) is 0 Å². The first-order valence-corrected chi connectivity index (χ1v) is 11.6. The average molecular weight is 504 g/mol. The van der Waals surface area contributed by atoms with Gasteiger partial charge in [-0.05, 0) is 41.8 Å². The molecular formula is C24H29Cl3O5. The summed E-state index contributed by atoms with van der Waals surface area (Å²) >= 11 is 18.8. The molecule has 0 aliphatic carbocycles. The zero-order valence-corrected chi connectivity index (χ0v) is 20.9. The van der Waals surface area contributed by atoms with E-state index in [0.29, 0.717) is 28.0 Å². The molecule has 0 unspecified atom stereocenters. The number of benzene rings is 2. The third kappa shape index (κ3) is 7.17. The van der Waals surface area contributed by atoms with Gasteiger partial charge in [0.05, 0.1) is 22.0 Å². The summed E-state index contributed by atoms with van der Waals surface area (Å²) in [6.07, 6.45) is -0.440. The van der Waals surface area contributed by atoms with Crippen LogP contribution in [0.1, 0.15) is 45.2 Å². The summed E-state index contributed by atoms with van der Waals surface area (Å²) in [5.41, 5.74) is 1.55. The fraction of sp³-hybridized carbons (Fsp3) is 0.458. The van der Waals surface area contributed by atoms with Crippen molar-refractivity contribution in [2.45, 2.75) is 51.7 Å². The normalized spacial score (nSPS) is 13.4. The third-order valence-corrected chi connectivity index (χ3v) is 6.03. The number of aliphatic hydroxyl groups excluding tert-OH is 1. The van der Waals surface area contributed by atoms with Crippen molar-refractivity contribution in [2.24, 2.45) is 0 Å². The first-order chi connectivity index (χ1) is 15.1. The Morgan fingerprint density at radius 3 is 2.12 bits per heavy atom. The Balaban J connectivity index is 2.17. The van der Waals surface area contributed by atoms with Crippen LogP contribution in [0.25, 0.3) is 0 Å². The van der Waals surface area contributed by atoms with Crippen molar-refractivity contribution in [3.8, 4) is 11.5 Å². The Labute approximate surface area is 204 Å². The molecule has 0 heterocycles. The molecule has 0 saturated carbocycles. The van der Waals surface area contributed by atoms with Crippen LogP contribution in [0.5, 0.6) is 11.5 Å². The Hall–Kier alpha value is -1.66. The Morgan fingerprint density at radius 2 is 1.62 bits per heavy atom. The van der Waals surface area contributed by atoms with Crippen molar-refractivity contribution in [2.75, 3.05) is 19.1 Å². The van der Waals surface area contributed by atoms with Gasteiger partial charge in [-0.15, -0.1) is 11.6 Å². The second-order valence-electron chi connectivity index (χ2n) is 7.99. The highest BCUT2D eigenvalue weighted by molar-refractivity contribution is 6.37. The predicted molar refractivity (Wildman–Crippen MR) is 129 cm³/mol. The van der Waals surface area contributed by atoms with E-state index >= 15 is 0 Å². The second kappa shape index (κ2) is 12.0. The molecule has 8 heteroatoms. The molecule has 2 aromatic rings. The van der Waals surface area contributed by atoms with Gasteiger partial charge in [0.2, 0.25) is 0 Å². The van der Waals surface area contributed by atoms with Crippen LogP contribution in [0.15, 0.2) is 36.4 Å². The standard InChI is InChI=1S/C24H29Cl3O5/c1-5-18(29)13-30-19-8-6-16(7-9-19)24(3,4)17-10-21(26)23(22(27)11-17)31-14-20(12-25)32-15(2)28/h6-11,18,20,29H,5,12-14H2,1-4H3/t18-,20-/m0/s1. The van der Waals surface area contributed by atoms with Crippen LogP contribution in [0.2, 0.25) is 10.0 Å². The first-order valence-electron chi connectivity index (χ1n) is 10.3. The van der Waals surface area contributed by atoms with Gasteiger partial charge >= 0.3 is 5.97 Å². The summed E-state index contributed by atoms with van der Waals surface area (Å²) < 4.78 is 16.4. The molecular weight excluding hydrogens is 475 g/mol. The number of hydrogen-bond donors (Lipinski definition) is 1. The fourth-order valence-electron chi connectivity index (χ4n) is 3.02. The van der Waals surface area contributed by atoms with E-state index in [0.717, 1.165) is 11.1 Å². The molecule has 0 saturated heterocycles. The summed E-state index contributed by atoms with van der Waals surface area (Å²) in [4.78, 5) is 11.1. The van der Waals surface area contributed by atoms with Crippen LogP contribution in [-0.4, -0.2) is 42.4 Å². The first kappa shape index (κ1) is 26.6. The number of carbonyl (C=O) groups is 1. The predicted octanol–water partition coefficient (Wildman–Crippen LogP) is 6.02. The molecule has 2 rings (SSSR count). The molecule has 32 heavy (non-hydrogen) atoms. The highest BCUT2D eigenvalue weighted by Gasteiger charge is 2.26. The van der Waals surface area contributed by atoms with Gasteiger partial charge in [-0.2, -0.15) is 0 Å². The molecule has 1 N–H and O–H groups in total. The number of rotatable bonds is 11. The highest BCUT2D eigenvalue weighted by atomic mass is 35.5. The van der Waals surface area contributed by atoms with Crippen LogP contribution in [-0.2, 0) is 14.9 Å². The molecule has 0 amide bonds. The maximum absolute atomic E-state index is 11.1. The number of esters is 1. The van der Waals surface area contributed by atoms with E-state index in [9.17, 15) is 9.90 Å². The van der Waals surface area contributed by atoms with E-state index in [1.807, 2.05) is 43.3 Å². The number of ether oxygens (including phenoxy) is 3. The molecule has 2 atom stereocenters. The molecule has 0 aliphatic heterocycles. The molecule has 0 bridgehead atoms. The summed E-state index contributed by atoms with van der Waals surface area (Å²) in [5, 5.41) is 10.4. The maximum Gasteiger partial charge on any atom is 0.303 e. The lowest BCUT2D eigenvalue weighted by molar-refractivity contribution is -0.146. The Kier molecular flexibility index (Phi) is 9.96. The van der Waals surface area contributed by atoms with Crippen LogP contribution in [0.4, 0.5) is 0 Å². The molecule has 0 fully saturated rings. The number of alkyl halides is 1. The monoisotopic (exact) mass is 502 g/mol. The summed E-state index contributed by atoms with van der Waals surface area (Å²) in [5.74, 6) is 0.662. The van der Waals surface area contributed by atoms with Gasteiger partial charge in [0.15, 0.2) is 5.75 Å². The quantitative estimate of drug-likeness (QED) is 0.300. The van der Waals surface area contributed by atoms with Crippen molar-refractivity contribution in [3.05, 3.63) is 57.6 Å². The Morgan fingerprint density at radius 1 is 1.03 bits per heavy atom. The smallest absolute Gasteiger partial charge is 0.303 e. The van der Waals surface area contributed by atoms with Gasteiger partial charge in [-0.3, -0.25) is 4.79 Å². The zero-order valence-electron chi connectivity index (χ0n) is 18.7. The molecule has 0 spiro atoms. The molecule has 176 valence electrons. The molecule has 0 aliphatic rings. The van der Waals surface area contributed by atoms with E-state index in [2.05, 4.69) is 13.8 Å². The minimum atomic E-state index is -0.600. The summed E-state index contributed by atoms with van der Waals surface area (Å²) in [7, 11) is 0. The molecule has 0 radical (unpaired) electrons. The number of halogens is 3. The van der Waals surface area contributed by atoms with Gasteiger partial charge in [-0.25, -0.2) is 0 Å². The van der Waals surface area contributed by atoms with Crippen LogP contribution < -0.4 is 9.47 Å². The summed E-state index contributed by atoms with van der Waals surface area (Å²) in [6, 6.07) is 11.3. The lowest BCUT2D eigenvalue weighted by Crippen LogP contribution is -2.26. The van der Waals surface area contributed by atoms with Crippen molar-refractivity contribution in [3.63, 3.8) is 0 Å². The van der Waals surface area contributed by atoms with Gasteiger partial charge in [0, 0.05) is 12.3 Å². The zero-order chi connectivity index (χ0) is 23.9. The average Bonchev–Trinajstić information content (AvgIpc) is 2.75. The topological polar surface area (TPSA) is 65.0 Å². The van der Waals surface area contributed by atoms with Gasteiger partial charge in [0.25, 0.3) is 0 Å².